The lowest BCUT2D eigenvalue weighted by molar-refractivity contribution is -0.128. The Morgan fingerprint density at radius 3 is 2.84 bits per heavy atom. The van der Waals surface area contributed by atoms with Gasteiger partial charge < -0.3 is 14.2 Å². The fourth-order valence-electron chi connectivity index (χ4n) is 3.51. The minimum atomic E-state index is 0.0796. The molecule has 0 spiro atoms. The van der Waals surface area contributed by atoms with Gasteiger partial charge in [-0.25, -0.2) is 0 Å². The molecule has 2 heterocycles. The smallest absolute Gasteiger partial charge is 0.247 e. The Morgan fingerprint density at radius 2 is 2.08 bits per heavy atom. The van der Waals surface area contributed by atoms with Gasteiger partial charge in [0.25, 0.3) is 0 Å². The van der Waals surface area contributed by atoms with E-state index in [0.29, 0.717) is 0 Å². The van der Waals surface area contributed by atoms with E-state index >= 15 is 0 Å². The number of hydrogen-bond donors (Lipinski definition) is 0. The lowest BCUT2D eigenvalue weighted by Crippen LogP contribution is -2.34. The first kappa shape index (κ1) is 17.3. The number of amides is 1. The van der Waals surface area contributed by atoms with Gasteiger partial charge in [-0.05, 0) is 48.7 Å². The fourth-order valence-corrected chi connectivity index (χ4v) is 3.51. The summed E-state index contributed by atoms with van der Waals surface area (Å²) in [4.78, 5) is 14.9. The molecule has 1 fully saturated rings. The highest BCUT2D eigenvalue weighted by molar-refractivity contribution is 5.92. The van der Waals surface area contributed by atoms with Gasteiger partial charge in [0.15, 0.2) is 0 Å². The number of aryl methyl sites for hydroxylation is 1. The van der Waals surface area contributed by atoms with E-state index < -0.39 is 0 Å². The first-order valence-corrected chi connectivity index (χ1v) is 8.93. The van der Waals surface area contributed by atoms with E-state index in [1.807, 2.05) is 35.2 Å². The highest BCUT2D eigenvalue weighted by Gasteiger charge is 2.26. The van der Waals surface area contributed by atoms with Gasteiger partial charge in [0.1, 0.15) is 5.75 Å². The van der Waals surface area contributed by atoms with Crippen LogP contribution >= 0.6 is 0 Å². The summed E-state index contributed by atoms with van der Waals surface area (Å²) < 4.78 is 7.37. The topological polar surface area (TPSA) is 34.5 Å². The first-order chi connectivity index (χ1) is 12.2. The van der Waals surface area contributed by atoms with Crippen LogP contribution in [0.25, 0.3) is 6.08 Å². The quantitative estimate of drug-likeness (QED) is 0.784. The minimum absolute atomic E-state index is 0.0796. The Balaban J connectivity index is 1.80. The van der Waals surface area contributed by atoms with Gasteiger partial charge in [-0.1, -0.05) is 25.0 Å². The van der Waals surface area contributed by atoms with Crippen LogP contribution in [0.15, 0.2) is 48.7 Å². The standard InChI is InChI=1S/C21H26N2O2/c1-22-14-7-11-19(22)20-10-4-3-5-15-23(20)21(24)13-12-17-8-6-9-18(16-17)25-2/h6-9,11-14,16,20H,3-5,10,15H2,1-2H3/b13-12+. The van der Waals surface area contributed by atoms with Gasteiger partial charge >= 0.3 is 0 Å². The summed E-state index contributed by atoms with van der Waals surface area (Å²) in [6, 6.07) is 12.1. The van der Waals surface area contributed by atoms with Gasteiger partial charge in [-0.2, -0.15) is 0 Å². The molecule has 3 rings (SSSR count). The van der Waals surface area contributed by atoms with Crippen LogP contribution in [-0.2, 0) is 11.8 Å². The van der Waals surface area contributed by atoms with Gasteiger partial charge in [0.05, 0.1) is 13.2 Å². The van der Waals surface area contributed by atoms with E-state index in [-0.39, 0.29) is 11.9 Å². The number of rotatable bonds is 4. The van der Waals surface area contributed by atoms with Crippen LogP contribution in [0, 0.1) is 0 Å². The van der Waals surface area contributed by atoms with Gasteiger partial charge in [-0.15, -0.1) is 0 Å². The van der Waals surface area contributed by atoms with E-state index in [1.54, 1.807) is 13.2 Å². The Morgan fingerprint density at radius 1 is 1.20 bits per heavy atom. The molecule has 0 saturated carbocycles. The Hall–Kier alpha value is -2.49. The number of nitrogens with zero attached hydrogens (tertiary/aromatic N) is 2. The summed E-state index contributed by atoms with van der Waals surface area (Å²) in [6.45, 7) is 0.817. The average Bonchev–Trinajstić information content (AvgIpc) is 2.91. The molecule has 1 unspecified atom stereocenters. The van der Waals surface area contributed by atoms with Crippen molar-refractivity contribution in [3.05, 3.63) is 59.9 Å². The second-order valence-corrected chi connectivity index (χ2v) is 6.55. The van der Waals surface area contributed by atoms with E-state index in [2.05, 4.69) is 29.9 Å². The predicted molar refractivity (Wildman–Crippen MR) is 100 cm³/mol. The van der Waals surface area contributed by atoms with E-state index in [4.69, 9.17) is 4.74 Å². The summed E-state index contributed by atoms with van der Waals surface area (Å²) >= 11 is 0. The largest absolute Gasteiger partial charge is 0.497 e. The van der Waals surface area contributed by atoms with E-state index in [0.717, 1.165) is 30.7 Å². The third kappa shape index (κ3) is 4.13. The maximum Gasteiger partial charge on any atom is 0.247 e. The average molecular weight is 338 g/mol. The molecular formula is C21H26N2O2. The predicted octanol–water partition coefficient (Wildman–Crippen LogP) is 4.19. The molecule has 4 nitrogen and oxygen atoms in total. The van der Waals surface area contributed by atoms with Gasteiger partial charge in [0, 0.05) is 31.6 Å². The van der Waals surface area contributed by atoms with Crippen molar-refractivity contribution in [2.24, 2.45) is 7.05 Å². The molecule has 1 amide bonds. The molecule has 25 heavy (non-hydrogen) atoms. The Labute approximate surface area is 149 Å². The Bertz CT molecular complexity index is 748. The van der Waals surface area contributed by atoms with Crippen LogP contribution < -0.4 is 4.74 Å². The molecule has 1 aliphatic rings. The van der Waals surface area contributed by atoms with Crippen LogP contribution in [0.5, 0.6) is 5.75 Å². The molecule has 1 aliphatic heterocycles. The van der Waals surface area contributed by atoms with E-state index in [1.165, 1.54) is 18.5 Å². The zero-order valence-corrected chi connectivity index (χ0v) is 15.0. The van der Waals surface area contributed by atoms with Crippen LogP contribution in [0.3, 0.4) is 0 Å². The molecule has 0 radical (unpaired) electrons. The summed E-state index contributed by atoms with van der Waals surface area (Å²) in [7, 11) is 3.70. The number of methoxy groups -OCH3 is 1. The van der Waals surface area contributed by atoms with Crippen molar-refractivity contribution in [1.29, 1.82) is 0 Å². The van der Waals surface area contributed by atoms with Crippen LogP contribution in [0.1, 0.15) is 43.0 Å². The van der Waals surface area contributed by atoms with Crippen molar-refractivity contribution in [1.82, 2.24) is 9.47 Å². The van der Waals surface area contributed by atoms with Crippen molar-refractivity contribution in [3.8, 4) is 5.75 Å². The maximum absolute atomic E-state index is 12.9. The summed E-state index contributed by atoms with van der Waals surface area (Å²) in [6.07, 6.45) is 10.1. The molecule has 1 aromatic heterocycles. The minimum Gasteiger partial charge on any atom is -0.497 e. The van der Waals surface area contributed by atoms with Crippen molar-refractivity contribution in [3.63, 3.8) is 0 Å². The molecule has 1 saturated heterocycles. The number of carbonyl (C=O) groups is 1. The first-order valence-electron chi connectivity index (χ1n) is 8.93. The number of ether oxygens (including phenoxy) is 1. The molecule has 132 valence electrons. The molecule has 1 atom stereocenters. The molecule has 2 aromatic rings. The Kier molecular flexibility index (Phi) is 5.59. The lowest BCUT2D eigenvalue weighted by Gasteiger charge is -2.29. The fraction of sp³-hybridized carbons (Fsp3) is 0.381. The summed E-state index contributed by atoms with van der Waals surface area (Å²) in [5.41, 5.74) is 2.18. The van der Waals surface area contributed by atoms with Crippen molar-refractivity contribution in [2.75, 3.05) is 13.7 Å². The second-order valence-electron chi connectivity index (χ2n) is 6.55. The normalized spacial score (nSPS) is 18.3. The highest BCUT2D eigenvalue weighted by Crippen LogP contribution is 2.30. The summed E-state index contributed by atoms with van der Waals surface area (Å²) in [5.74, 6) is 0.877. The highest BCUT2D eigenvalue weighted by atomic mass is 16.5. The second kappa shape index (κ2) is 8.06. The number of carbonyl (C=O) groups excluding carboxylic acids is 1. The number of benzene rings is 1. The van der Waals surface area contributed by atoms with Crippen LogP contribution in [0.2, 0.25) is 0 Å². The molecule has 1 aromatic carbocycles. The third-order valence-electron chi connectivity index (χ3n) is 4.87. The zero-order valence-electron chi connectivity index (χ0n) is 15.0. The number of hydrogen-bond acceptors (Lipinski definition) is 2. The summed E-state index contributed by atoms with van der Waals surface area (Å²) in [5, 5.41) is 0. The van der Waals surface area contributed by atoms with Crippen LogP contribution in [-0.4, -0.2) is 29.0 Å². The molecule has 0 aliphatic carbocycles. The molecule has 4 heteroatoms. The van der Waals surface area contributed by atoms with Gasteiger partial charge in [-0.3, -0.25) is 4.79 Å². The molecular weight excluding hydrogens is 312 g/mol. The monoisotopic (exact) mass is 338 g/mol. The van der Waals surface area contributed by atoms with Gasteiger partial charge in [0.2, 0.25) is 5.91 Å². The van der Waals surface area contributed by atoms with Crippen molar-refractivity contribution in [2.45, 2.75) is 31.7 Å². The lowest BCUT2D eigenvalue weighted by atomic mass is 10.1. The van der Waals surface area contributed by atoms with Crippen LogP contribution in [0.4, 0.5) is 0 Å². The zero-order chi connectivity index (χ0) is 17.6. The van der Waals surface area contributed by atoms with Crippen molar-refractivity contribution >= 4 is 12.0 Å². The van der Waals surface area contributed by atoms with Crippen molar-refractivity contribution < 1.29 is 9.53 Å². The maximum atomic E-state index is 12.9. The number of aromatic nitrogens is 1. The molecule has 0 bridgehead atoms. The van der Waals surface area contributed by atoms with E-state index in [9.17, 15) is 4.79 Å². The number of likely N-dealkylation sites (tertiary alicyclic amines) is 1. The molecule has 0 N–H and O–H groups in total. The third-order valence-corrected chi connectivity index (χ3v) is 4.87. The SMILES string of the molecule is COc1cccc(/C=C/C(=O)N2CCCCCC2c2cccn2C)c1.